The lowest BCUT2D eigenvalue weighted by molar-refractivity contribution is 0.414. The van der Waals surface area contributed by atoms with E-state index in [-0.39, 0.29) is 0 Å². The third-order valence-corrected chi connectivity index (χ3v) is 9.03. The van der Waals surface area contributed by atoms with Gasteiger partial charge in [0.1, 0.15) is 33.5 Å². The van der Waals surface area contributed by atoms with Gasteiger partial charge in [-0.2, -0.15) is 0 Å². The number of ether oxygens (including phenoxy) is 4. The second kappa shape index (κ2) is 13.7. The van der Waals surface area contributed by atoms with Crippen molar-refractivity contribution >= 4 is 22.0 Å². The molecule has 0 bridgehead atoms. The zero-order valence-electron chi connectivity index (χ0n) is 23.6. The maximum Gasteiger partial charge on any atom is 0.171 e. The molecule has 0 radical (unpaired) electrons. The van der Waals surface area contributed by atoms with Crippen LogP contribution in [0.1, 0.15) is 32.8 Å². The van der Waals surface area contributed by atoms with Crippen molar-refractivity contribution < 1.29 is 27.4 Å². The van der Waals surface area contributed by atoms with Crippen molar-refractivity contribution in [1.82, 2.24) is 0 Å². The molecule has 2 unspecified atom stereocenters. The van der Waals surface area contributed by atoms with E-state index in [4.69, 9.17) is 18.9 Å². The van der Waals surface area contributed by atoms with Crippen molar-refractivity contribution in [1.29, 1.82) is 0 Å². The molecule has 41 heavy (non-hydrogen) atoms. The number of methoxy groups -OCH3 is 4. The maximum absolute atomic E-state index is 14.6. The van der Waals surface area contributed by atoms with Gasteiger partial charge in [-0.25, -0.2) is 8.42 Å². The Morgan fingerprint density at radius 2 is 0.732 bits per heavy atom. The van der Waals surface area contributed by atoms with Gasteiger partial charge in [0.25, 0.3) is 0 Å². The summed E-state index contributed by atoms with van der Waals surface area (Å²) in [6.07, 6.45) is 7.11. The first-order valence-electron chi connectivity index (χ1n) is 13.0. The molecule has 0 aliphatic heterocycles. The number of hydrogen-bond acceptors (Lipinski definition) is 6. The van der Waals surface area contributed by atoms with E-state index in [1.807, 2.05) is 60.7 Å². The number of sulfone groups is 1. The monoisotopic (exact) mass is 570 g/mol. The standard InChI is InChI=1S/C34H34O6S/c1-37-29-15-5-25(6-16-29)9-23-33(27-11-19-31(39-3)20-12-27)41(35,36)34(28-13-21-32(40-4)22-14-28)24-10-26-7-17-30(38-2)18-8-26/h5-24,33-34H,1-4H3/b23-9+,24-10+. The van der Waals surface area contributed by atoms with Gasteiger partial charge in [0, 0.05) is 0 Å². The highest BCUT2D eigenvalue weighted by molar-refractivity contribution is 7.92. The van der Waals surface area contributed by atoms with Crippen molar-refractivity contribution in [3.05, 3.63) is 131 Å². The quantitative estimate of drug-likeness (QED) is 0.177. The fourth-order valence-corrected chi connectivity index (χ4v) is 6.38. The Hall–Kier alpha value is -4.49. The normalized spacial score (nSPS) is 13.2. The molecule has 0 aromatic heterocycles. The molecule has 4 aromatic carbocycles. The third-order valence-electron chi connectivity index (χ3n) is 6.76. The summed E-state index contributed by atoms with van der Waals surface area (Å²) in [6, 6.07) is 29.2. The first-order valence-corrected chi connectivity index (χ1v) is 14.6. The van der Waals surface area contributed by atoms with Crippen LogP contribution in [0, 0.1) is 0 Å². The summed E-state index contributed by atoms with van der Waals surface area (Å²) in [7, 11) is 2.49. The van der Waals surface area contributed by atoms with Gasteiger partial charge in [0.15, 0.2) is 9.84 Å². The molecule has 0 saturated carbocycles. The minimum absolute atomic E-state index is 0.631. The van der Waals surface area contributed by atoms with Crippen molar-refractivity contribution in [3.63, 3.8) is 0 Å². The van der Waals surface area contributed by atoms with Gasteiger partial charge in [-0.15, -0.1) is 0 Å². The average Bonchev–Trinajstić information content (AvgIpc) is 3.02. The van der Waals surface area contributed by atoms with E-state index in [1.165, 1.54) is 0 Å². The van der Waals surface area contributed by atoms with Crippen LogP contribution in [-0.2, 0) is 9.84 Å². The zero-order valence-corrected chi connectivity index (χ0v) is 24.4. The fourth-order valence-electron chi connectivity index (χ4n) is 4.39. The van der Waals surface area contributed by atoms with Crippen molar-refractivity contribution in [2.75, 3.05) is 28.4 Å². The minimum atomic E-state index is -3.88. The van der Waals surface area contributed by atoms with Crippen LogP contribution < -0.4 is 18.9 Å². The van der Waals surface area contributed by atoms with Crippen LogP contribution in [-0.4, -0.2) is 36.9 Å². The topological polar surface area (TPSA) is 71.1 Å². The third kappa shape index (κ3) is 7.38. The smallest absolute Gasteiger partial charge is 0.171 e. The van der Waals surface area contributed by atoms with Gasteiger partial charge in [0.2, 0.25) is 0 Å². The second-order valence-electron chi connectivity index (χ2n) is 9.24. The lowest BCUT2D eigenvalue weighted by Gasteiger charge is -2.22. The first-order chi connectivity index (χ1) is 19.9. The second-order valence-corrected chi connectivity index (χ2v) is 11.4. The molecule has 0 spiro atoms. The van der Waals surface area contributed by atoms with Crippen molar-refractivity contribution in [2.24, 2.45) is 0 Å². The van der Waals surface area contributed by atoms with E-state index in [1.54, 1.807) is 89.1 Å². The molecule has 7 heteroatoms. The Kier molecular flexibility index (Phi) is 9.87. The van der Waals surface area contributed by atoms with Crippen LogP contribution in [0.25, 0.3) is 12.2 Å². The Balaban J connectivity index is 1.80. The molecule has 4 rings (SSSR count). The lowest BCUT2D eigenvalue weighted by atomic mass is 10.1. The molecule has 0 aliphatic carbocycles. The minimum Gasteiger partial charge on any atom is -0.497 e. The molecule has 212 valence electrons. The Morgan fingerprint density at radius 3 is 1.00 bits per heavy atom. The number of rotatable bonds is 12. The van der Waals surface area contributed by atoms with Crippen molar-refractivity contribution in [3.8, 4) is 23.0 Å². The summed E-state index contributed by atoms with van der Waals surface area (Å²) < 4.78 is 50.3. The Bertz CT molecular complexity index is 1440. The average molecular weight is 571 g/mol. The summed E-state index contributed by atoms with van der Waals surface area (Å²) >= 11 is 0. The molecule has 0 saturated heterocycles. The van der Waals surface area contributed by atoms with Gasteiger partial charge < -0.3 is 18.9 Å². The summed E-state index contributed by atoms with van der Waals surface area (Å²) in [5, 5.41) is -1.88. The summed E-state index contributed by atoms with van der Waals surface area (Å²) in [6.45, 7) is 0. The van der Waals surface area contributed by atoms with Gasteiger partial charge >= 0.3 is 0 Å². The molecule has 6 nitrogen and oxygen atoms in total. The molecule has 2 atom stereocenters. The van der Waals surface area contributed by atoms with Gasteiger partial charge in [0.05, 0.1) is 28.4 Å². The van der Waals surface area contributed by atoms with E-state index in [0.717, 1.165) is 22.6 Å². The summed E-state index contributed by atoms with van der Waals surface area (Å²) in [4.78, 5) is 0. The predicted molar refractivity (Wildman–Crippen MR) is 164 cm³/mol. The van der Waals surface area contributed by atoms with E-state index < -0.39 is 20.3 Å². The molecule has 4 aromatic rings. The largest absolute Gasteiger partial charge is 0.497 e. The van der Waals surface area contributed by atoms with Crippen LogP contribution in [0.3, 0.4) is 0 Å². The Labute approximate surface area is 242 Å². The first kappa shape index (κ1) is 29.5. The molecule has 0 aliphatic rings. The SMILES string of the molecule is COc1ccc(/C=C/C(c2ccc(OC)cc2)S(=O)(=O)C(/C=C/c2ccc(OC)cc2)c2ccc(OC)cc2)cc1. The summed E-state index contributed by atoms with van der Waals surface area (Å²) in [5.41, 5.74) is 2.97. The number of hydrogen-bond donors (Lipinski definition) is 0. The highest BCUT2D eigenvalue weighted by Crippen LogP contribution is 2.38. The Morgan fingerprint density at radius 1 is 0.463 bits per heavy atom. The lowest BCUT2D eigenvalue weighted by Crippen LogP contribution is -2.19. The zero-order chi connectivity index (χ0) is 29.2. The molecule has 0 N–H and O–H groups in total. The van der Waals surface area contributed by atoms with Crippen LogP contribution in [0.15, 0.2) is 109 Å². The highest BCUT2D eigenvalue weighted by Gasteiger charge is 2.33. The fraction of sp³-hybridized carbons (Fsp3) is 0.176. The maximum atomic E-state index is 14.6. The van der Waals surface area contributed by atoms with Crippen LogP contribution in [0.5, 0.6) is 23.0 Å². The van der Waals surface area contributed by atoms with Crippen LogP contribution >= 0.6 is 0 Å². The molecular weight excluding hydrogens is 536 g/mol. The van der Waals surface area contributed by atoms with Gasteiger partial charge in [-0.1, -0.05) is 72.8 Å². The van der Waals surface area contributed by atoms with Crippen LogP contribution in [0.2, 0.25) is 0 Å². The van der Waals surface area contributed by atoms with Gasteiger partial charge in [-0.05, 0) is 70.8 Å². The number of benzene rings is 4. The van der Waals surface area contributed by atoms with Crippen molar-refractivity contribution in [2.45, 2.75) is 10.5 Å². The molecular formula is C34H34O6S. The molecule has 0 amide bonds. The van der Waals surface area contributed by atoms with E-state index in [0.29, 0.717) is 22.6 Å². The van der Waals surface area contributed by atoms with Crippen LogP contribution in [0.4, 0.5) is 0 Å². The van der Waals surface area contributed by atoms with E-state index in [2.05, 4.69) is 0 Å². The highest BCUT2D eigenvalue weighted by atomic mass is 32.2. The molecule has 0 heterocycles. The predicted octanol–water partition coefficient (Wildman–Crippen LogP) is 7.35. The van der Waals surface area contributed by atoms with Gasteiger partial charge in [-0.3, -0.25) is 0 Å². The molecule has 0 fully saturated rings. The summed E-state index contributed by atoms with van der Waals surface area (Å²) in [5.74, 6) is 2.75. The van der Waals surface area contributed by atoms with E-state index >= 15 is 0 Å². The van der Waals surface area contributed by atoms with E-state index in [9.17, 15) is 8.42 Å².